The molecule has 4 heteroatoms. The lowest BCUT2D eigenvalue weighted by molar-refractivity contribution is 0.0970. The number of benzene rings is 1. The van der Waals surface area contributed by atoms with E-state index in [0.717, 1.165) is 30.4 Å². The lowest BCUT2D eigenvalue weighted by Crippen LogP contribution is -2.11. The number of Topliss-reactive ketones (excluding diaryl/α,β-unsaturated/α-hetero) is 1. The molecular formula is C24H26O4. The SMILES string of the molecule is CCCc1cc(=O)oc2c3c(cc(O)c12)CCC(C1=CCC(C)C=C1)CC3=O. The highest BCUT2D eigenvalue weighted by molar-refractivity contribution is 6.09. The Morgan fingerprint density at radius 3 is 2.79 bits per heavy atom. The molecule has 1 heterocycles. The van der Waals surface area contributed by atoms with Crippen LogP contribution in [0.4, 0.5) is 0 Å². The van der Waals surface area contributed by atoms with E-state index in [9.17, 15) is 14.7 Å². The number of phenols is 1. The molecule has 0 radical (unpaired) electrons. The molecule has 2 aliphatic carbocycles. The van der Waals surface area contributed by atoms with Gasteiger partial charge in [-0.25, -0.2) is 4.79 Å². The van der Waals surface area contributed by atoms with E-state index in [2.05, 4.69) is 25.2 Å². The Morgan fingerprint density at radius 2 is 2.07 bits per heavy atom. The van der Waals surface area contributed by atoms with Crippen LogP contribution in [0.15, 0.2) is 45.1 Å². The minimum atomic E-state index is -0.468. The molecule has 4 rings (SSSR count). The molecule has 2 aliphatic rings. The van der Waals surface area contributed by atoms with Crippen LogP contribution in [0.5, 0.6) is 5.75 Å². The van der Waals surface area contributed by atoms with Crippen molar-refractivity contribution in [1.82, 2.24) is 0 Å². The van der Waals surface area contributed by atoms with Crippen LogP contribution in [0.2, 0.25) is 0 Å². The standard InChI is InChI=1S/C24H26O4/c1-3-4-17-13-21(27)28-24-22(17)20(26)12-18-10-9-16(11-19(25)23(18)24)15-7-5-14(2)6-8-15/h5,7-8,12-14,16,26H,3-4,6,9-11H2,1-2H3. The van der Waals surface area contributed by atoms with Gasteiger partial charge in [-0.3, -0.25) is 4.79 Å². The third-order valence-electron chi connectivity index (χ3n) is 5.96. The highest BCUT2D eigenvalue weighted by Crippen LogP contribution is 2.39. The maximum absolute atomic E-state index is 13.2. The van der Waals surface area contributed by atoms with Crippen LogP contribution in [-0.2, 0) is 12.8 Å². The van der Waals surface area contributed by atoms with Crippen molar-refractivity contribution in [3.8, 4) is 5.75 Å². The summed E-state index contributed by atoms with van der Waals surface area (Å²) in [6.07, 6.45) is 11.0. The second-order valence-corrected chi connectivity index (χ2v) is 8.11. The largest absolute Gasteiger partial charge is 0.507 e. The lowest BCUT2D eigenvalue weighted by Gasteiger charge is -2.19. The van der Waals surface area contributed by atoms with Crippen molar-refractivity contribution in [3.05, 3.63) is 63.0 Å². The highest BCUT2D eigenvalue weighted by atomic mass is 16.4. The number of aryl methyl sites for hydroxylation is 2. The molecule has 0 saturated heterocycles. The van der Waals surface area contributed by atoms with Gasteiger partial charge >= 0.3 is 5.63 Å². The van der Waals surface area contributed by atoms with E-state index in [1.807, 2.05) is 6.92 Å². The van der Waals surface area contributed by atoms with Crippen LogP contribution in [0.25, 0.3) is 11.0 Å². The summed E-state index contributed by atoms with van der Waals surface area (Å²) in [6.45, 7) is 4.20. The second-order valence-electron chi connectivity index (χ2n) is 8.11. The van der Waals surface area contributed by atoms with E-state index < -0.39 is 5.63 Å². The molecule has 1 N–H and O–H groups in total. The van der Waals surface area contributed by atoms with Gasteiger partial charge in [0.1, 0.15) is 5.75 Å². The van der Waals surface area contributed by atoms with Crippen LogP contribution in [0.1, 0.15) is 61.0 Å². The zero-order valence-corrected chi connectivity index (χ0v) is 16.5. The number of fused-ring (bicyclic) bond motifs is 3. The zero-order valence-electron chi connectivity index (χ0n) is 16.5. The van der Waals surface area contributed by atoms with Crippen LogP contribution in [0.3, 0.4) is 0 Å². The molecule has 0 saturated carbocycles. The fourth-order valence-electron chi connectivity index (χ4n) is 4.51. The average molecular weight is 378 g/mol. The first-order valence-electron chi connectivity index (χ1n) is 10.2. The summed E-state index contributed by atoms with van der Waals surface area (Å²) in [4.78, 5) is 25.4. The number of phenolic OH excluding ortho intramolecular Hbond substituents is 1. The van der Waals surface area contributed by atoms with Crippen LogP contribution in [-0.4, -0.2) is 10.9 Å². The Balaban J connectivity index is 1.81. The number of allylic oxidation sites excluding steroid dienone is 4. The minimum absolute atomic E-state index is 0.00720. The van der Waals surface area contributed by atoms with Gasteiger partial charge in [-0.2, -0.15) is 0 Å². The fourth-order valence-corrected chi connectivity index (χ4v) is 4.51. The van der Waals surface area contributed by atoms with Crippen molar-refractivity contribution >= 4 is 16.8 Å². The van der Waals surface area contributed by atoms with Gasteiger partial charge in [-0.1, -0.05) is 38.5 Å². The number of hydrogen-bond donors (Lipinski definition) is 1. The maximum Gasteiger partial charge on any atom is 0.336 e. The van der Waals surface area contributed by atoms with E-state index in [-0.39, 0.29) is 23.0 Å². The summed E-state index contributed by atoms with van der Waals surface area (Å²) in [5.41, 5.74) is 3.03. The molecule has 0 amide bonds. The first kappa shape index (κ1) is 18.7. The highest BCUT2D eigenvalue weighted by Gasteiger charge is 2.29. The predicted molar refractivity (Wildman–Crippen MR) is 110 cm³/mol. The first-order chi connectivity index (χ1) is 13.5. The van der Waals surface area contributed by atoms with Crippen molar-refractivity contribution in [3.63, 3.8) is 0 Å². The molecule has 4 nitrogen and oxygen atoms in total. The quantitative estimate of drug-likeness (QED) is 0.595. The molecule has 2 atom stereocenters. The van der Waals surface area contributed by atoms with Crippen molar-refractivity contribution in [2.45, 2.75) is 52.4 Å². The van der Waals surface area contributed by atoms with Crippen LogP contribution >= 0.6 is 0 Å². The third kappa shape index (κ3) is 3.32. The summed E-state index contributed by atoms with van der Waals surface area (Å²) >= 11 is 0. The molecule has 146 valence electrons. The minimum Gasteiger partial charge on any atom is -0.507 e. The predicted octanol–water partition coefficient (Wildman–Crippen LogP) is 5.11. The Labute approximate surface area is 164 Å². The molecule has 2 aromatic rings. The van der Waals surface area contributed by atoms with E-state index in [1.54, 1.807) is 6.07 Å². The van der Waals surface area contributed by atoms with Gasteiger partial charge in [0.15, 0.2) is 11.4 Å². The molecule has 0 aliphatic heterocycles. The normalized spacial score (nSPS) is 22.1. The van der Waals surface area contributed by atoms with Gasteiger partial charge in [0.25, 0.3) is 0 Å². The molecule has 28 heavy (non-hydrogen) atoms. The van der Waals surface area contributed by atoms with Gasteiger partial charge in [0, 0.05) is 12.5 Å². The van der Waals surface area contributed by atoms with Crippen molar-refractivity contribution < 1.29 is 14.3 Å². The summed E-state index contributed by atoms with van der Waals surface area (Å²) in [5.74, 6) is 0.783. The molecular weight excluding hydrogens is 352 g/mol. The van der Waals surface area contributed by atoms with Crippen molar-refractivity contribution in [1.29, 1.82) is 0 Å². The summed E-state index contributed by atoms with van der Waals surface area (Å²) in [5, 5.41) is 11.2. The molecule has 0 bridgehead atoms. The van der Waals surface area contributed by atoms with Gasteiger partial charge in [0.2, 0.25) is 0 Å². The van der Waals surface area contributed by atoms with E-state index in [1.165, 1.54) is 11.6 Å². The van der Waals surface area contributed by atoms with E-state index in [4.69, 9.17) is 4.42 Å². The summed E-state index contributed by atoms with van der Waals surface area (Å²) in [7, 11) is 0. The Hall–Kier alpha value is -2.62. The number of aromatic hydroxyl groups is 1. The fraction of sp³-hybridized carbons (Fsp3) is 0.417. The molecule has 2 unspecified atom stereocenters. The van der Waals surface area contributed by atoms with Crippen molar-refractivity contribution in [2.24, 2.45) is 11.8 Å². The number of ketones is 1. The molecule has 1 aromatic carbocycles. The summed E-state index contributed by atoms with van der Waals surface area (Å²) in [6, 6.07) is 3.13. The van der Waals surface area contributed by atoms with E-state index >= 15 is 0 Å². The lowest BCUT2D eigenvalue weighted by atomic mass is 9.85. The van der Waals surface area contributed by atoms with E-state index in [0.29, 0.717) is 36.1 Å². The van der Waals surface area contributed by atoms with Crippen molar-refractivity contribution in [2.75, 3.05) is 0 Å². The van der Waals surface area contributed by atoms with Crippen LogP contribution in [0, 0.1) is 11.8 Å². The van der Waals surface area contributed by atoms with Gasteiger partial charge in [0.05, 0.1) is 10.9 Å². The Bertz CT molecular complexity index is 1050. The number of hydrogen-bond acceptors (Lipinski definition) is 4. The average Bonchev–Trinajstić information content (AvgIpc) is 2.81. The number of carbonyl (C=O) groups is 1. The monoisotopic (exact) mass is 378 g/mol. The Morgan fingerprint density at radius 1 is 1.25 bits per heavy atom. The molecule has 0 spiro atoms. The summed E-state index contributed by atoms with van der Waals surface area (Å²) < 4.78 is 5.48. The first-order valence-corrected chi connectivity index (χ1v) is 10.2. The number of carbonyl (C=O) groups excluding carboxylic acids is 1. The Kier molecular flexibility index (Phi) is 4.96. The second kappa shape index (κ2) is 7.42. The smallest absolute Gasteiger partial charge is 0.336 e. The maximum atomic E-state index is 13.2. The van der Waals surface area contributed by atoms with Gasteiger partial charge < -0.3 is 9.52 Å². The molecule has 0 fully saturated rings. The van der Waals surface area contributed by atoms with Gasteiger partial charge in [-0.05, 0) is 60.3 Å². The van der Waals surface area contributed by atoms with Crippen LogP contribution < -0.4 is 5.63 Å². The molecule has 1 aromatic heterocycles. The topological polar surface area (TPSA) is 67.5 Å². The van der Waals surface area contributed by atoms with Gasteiger partial charge in [-0.15, -0.1) is 0 Å². The zero-order chi connectivity index (χ0) is 19.8. The third-order valence-corrected chi connectivity index (χ3v) is 5.96. The number of rotatable bonds is 3.